The van der Waals surface area contributed by atoms with E-state index in [9.17, 15) is 9.18 Å². The summed E-state index contributed by atoms with van der Waals surface area (Å²) in [5, 5.41) is 14.4. The van der Waals surface area contributed by atoms with Gasteiger partial charge in [-0.3, -0.25) is 4.79 Å². The van der Waals surface area contributed by atoms with Crippen molar-refractivity contribution in [3.8, 4) is 0 Å². The molecule has 0 unspecified atom stereocenters. The normalized spacial score (nSPS) is 18.3. The van der Waals surface area contributed by atoms with Crippen LogP contribution in [-0.4, -0.2) is 30.2 Å². The molecule has 0 atom stereocenters. The summed E-state index contributed by atoms with van der Waals surface area (Å²) >= 11 is 3.14. The van der Waals surface area contributed by atoms with E-state index in [0.717, 1.165) is 0 Å². The van der Waals surface area contributed by atoms with Crippen molar-refractivity contribution in [1.82, 2.24) is 0 Å². The van der Waals surface area contributed by atoms with Crippen molar-refractivity contribution in [3.05, 3.63) is 28.5 Å². The third kappa shape index (κ3) is 3.16. The molecular weight excluding hydrogens is 345 g/mol. The van der Waals surface area contributed by atoms with Crippen LogP contribution in [-0.2, 0) is 9.53 Å². The highest BCUT2D eigenvalue weighted by Gasteiger charge is 2.44. The fourth-order valence-electron chi connectivity index (χ4n) is 2.25. The van der Waals surface area contributed by atoms with Crippen molar-refractivity contribution in [2.24, 2.45) is 16.3 Å². The molecule has 0 spiro atoms. The molecule has 0 aliphatic carbocycles. The lowest BCUT2D eigenvalue weighted by Crippen LogP contribution is -2.50. The Labute approximate surface area is 129 Å². The summed E-state index contributed by atoms with van der Waals surface area (Å²) in [6, 6.07) is 4.30. The maximum Gasteiger partial charge on any atom is 0.238 e. The average Bonchev–Trinajstić information content (AvgIpc) is 2.49. The van der Waals surface area contributed by atoms with E-state index in [0.29, 0.717) is 17.7 Å². The largest absolute Gasteiger partial charge is 0.409 e. The Morgan fingerprint density at radius 2 is 2.14 bits per heavy atom. The number of nitrogens with two attached hydrogens (primary N) is 1. The van der Waals surface area contributed by atoms with Crippen molar-refractivity contribution in [3.63, 3.8) is 0 Å². The quantitative estimate of drug-likeness (QED) is 0.333. The molecule has 0 saturated carbocycles. The standard InChI is InChI=1S/C13H15BrFN3O3/c14-8-1-2-10(9(15)7-8)17-12(19)13(11(16)18-20)3-5-21-6-4-13/h1-2,7,20H,3-6H2,(H2,16,18)(H,17,19). The van der Waals surface area contributed by atoms with Crippen LogP contribution in [0.2, 0.25) is 0 Å². The molecule has 1 heterocycles. The molecular formula is C13H15BrFN3O3. The summed E-state index contributed by atoms with van der Waals surface area (Å²) in [6.45, 7) is 0.624. The zero-order chi connectivity index (χ0) is 15.5. The van der Waals surface area contributed by atoms with Crippen molar-refractivity contribution in [2.45, 2.75) is 12.8 Å². The second kappa shape index (κ2) is 6.40. The number of anilines is 1. The van der Waals surface area contributed by atoms with Gasteiger partial charge in [-0.15, -0.1) is 0 Å². The fourth-order valence-corrected chi connectivity index (χ4v) is 2.58. The van der Waals surface area contributed by atoms with Crippen LogP contribution in [0.3, 0.4) is 0 Å². The van der Waals surface area contributed by atoms with E-state index in [-0.39, 0.29) is 24.4 Å². The summed E-state index contributed by atoms with van der Waals surface area (Å²) in [4.78, 5) is 12.5. The maximum absolute atomic E-state index is 13.8. The van der Waals surface area contributed by atoms with Crippen LogP contribution in [0.4, 0.5) is 10.1 Å². The number of benzene rings is 1. The van der Waals surface area contributed by atoms with Crippen molar-refractivity contribution < 1.29 is 19.1 Å². The Morgan fingerprint density at radius 1 is 1.48 bits per heavy atom. The molecule has 0 bridgehead atoms. The highest BCUT2D eigenvalue weighted by Crippen LogP contribution is 2.33. The zero-order valence-electron chi connectivity index (χ0n) is 11.1. The number of amidine groups is 1. The van der Waals surface area contributed by atoms with Crippen LogP contribution in [0.25, 0.3) is 0 Å². The number of rotatable bonds is 3. The predicted octanol–water partition coefficient (Wildman–Crippen LogP) is 2.07. The monoisotopic (exact) mass is 359 g/mol. The summed E-state index contributed by atoms with van der Waals surface area (Å²) in [6.07, 6.45) is 0.541. The Morgan fingerprint density at radius 3 is 2.71 bits per heavy atom. The first-order valence-corrected chi connectivity index (χ1v) is 7.11. The number of halogens is 2. The number of carbonyl (C=O) groups excluding carboxylic acids is 1. The highest BCUT2D eigenvalue weighted by molar-refractivity contribution is 9.10. The minimum atomic E-state index is -1.19. The number of carbonyl (C=O) groups is 1. The molecule has 1 amide bonds. The van der Waals surface area contributed by atoms with Crippen molar-refractivity contribution >= 4 is 33.4 Å². The fraction of sp³-hybridized carbons (Fsp3) is 0.385. The molecule has 6 nitrogen and oxygen atoms in total. The molecule has 1 aromatic rings. The van der Waals surface area contributed by atoms with Gasteiger partial charge in [0.15, 0.2) is 5.84 Å². The molecule has 1 aliphatic heterocycles. The number of hydrogen-bond acceptors (Lipinski definition) is 4. The van der Waals surface area contributed by atoms with Gasteiger partial charge in [-0.05, 0) is 31.0 Å². The van der Waals surface area contributed by atoms with E-state index in [1.807, 2.05) is 0 Å². The number of amides is 1. The van der Waals surface area contributed by atoms with Gasteiger partial charge in [-0.1, -0.05) is 21.1 Å². The molecule has 21 heavy (non-hydrogen) atoms. The van der Waals surface area contributed by atoms with Crippen LogP contribution in [0.15, 0.2) is 27.8 Å². The molecule has 1 fully saturated rings. The molecule has 1 saturated heterocycles. The first-order valence-electron chi connectivity index (χ1n) is 6.32. The number of oxime groups is 1. The summed E-state index contributed by atoms with van der Waals surface area (Å²) in [7, 11) is 0. The van der Waals surface area contributed by atoms with Gasteiger partial charge in [0.25, 0.3) is 0 Å². The molecule has 2 rings (SSSR count). The molecule has 1 aliphatic rings. The lowest BCUT2D eigenvalue weighted by molar-refractivity contribution is -0.126. The number of hydrogen-bond donors (Lipinski definition) is 3. The van der Waals surface area contributed by atoms with Crippen LogP contribution in [0, 0.1) is 11.2 Å². The topological polar surface area (TPSA) is 96.9 Å². The predicted molar refractivity (Wildman–Crippen MR) is 78.6 cm³/mol. The Hall–Kier alpha value is -1.67. The number of nitrogens with zero attached hydrogens (tertiary/aromatic N) is 1. The third-order valence-corrected chi connectivity index (χ3v) is 4.05. The van der Waals surface area contributed by atoms with Gasteiger partial charge >= 0.3 is 0 Å². The summed E-state index contributed by atoms with van der Waals surface area (Å²) < 4.78 is 19.6. The average molecular weight is 360 g/mol. The molecule has 0 radical (unpaired) electrons. The lowest BCUT2D eigenvalue weighted by Gasteiger charge is -2.34. The first kappa shape index (κ1) is 15.7. The second-order valence-electron chi connectivity index (χ2n) is 4.76. The number of nitrogens with one attached hydrogen (secondary N) is 1. The molecule has 4 N–H and O–H groups in total. The van der Waals surface area contributed by atoms with Crippen LogP contribution in [0.5, 0.6) is 0 Å². The summed E-state index contributed by atoms with van der Waals surface area (Å²) in [5.41, 5.74) is 4.54. The van der Waals surface area contributed by atoms with Gasteiger partial charge < -0.3 is 21.0 Å². The van der Waals surface area contributed by atoms with Crippen LogP contribution >= 0.6 is 15.9 Å². The Balaban J connectivity index is 2.27. The Bertz CT molecular complexity index is 574. The molecule has 1 aromatic carbocycles. The van der Waals surface area contributed by atoms with Crippen LogP contribution in [0.1, 0.15) is 12.8 Å². The van der Waals surface area contributed by atoms with E-state index in [1.165, 1.54) is 12.1 Å². The van der Waals surface area contributed by atoms with Crippen LogP contribution < -0.4 is 11.1 Å². The highest BCUT2D eigenvalue weighted by atomic mass is 79.9. The third-order valence-electron chi connectivity index (χ3n) is 3.56. The van der Waals surface area contributed by atoms with E-state index in [4.69, 9.17) is 15.7 Å². The van der Waals surface area contributed by atoms with E-state index in [1.54, 1.807) is 6.07 Å². The minimum Gasteiger partial charge on any atom is -0.409 e. The number of ether oxygens (including phenoxy) is 1. The van der Waals surface area contributed by atoms with Crippen molar-refractivity contribution in [1.29, 1.82) is 0 Å². The van der Waals surface area contributed by atoms with Gasteiger partial charge in [0.05, 0.1) is 5.69 Å². The van der Waals surface area contributed by atoms with E-state index in [2.05, 4.69) is 26.4 Å². The summed E-state index contributed by atoms with van der Waals surface area (Å²) in [5.74, 6) is -1.28. The molecule has 114 valence electrons. The SMILES string of the molecule is NC(=NO)C1(C(=O)Nc2ccc(Br)cc2F)CCOCC1. The minimum absolute atomic E-state index is 0.0415. The maximum atomic E-state index is 13.8. The van der Waals surface area contributed by atoms with E-state index < -0.39 is 17.1 Å². The molecule has 8 heteroatoms. The second-order valence-corrected chi connectivity index (χ2v) is 5.67. The lowest BCUT2D eigenvalue weighted by atomic mass is 9.78. The molecule has 0 aromatic heterocycles. The first-order chi connectivity index (χ1) is 9.99. The van der Waals surface area contributed by atoms with Crippen molar-refractivity contribution in [2.75, 3.05) is 18.5 Å². The Kier molecular flexibility index (Phi) is 4.79. The van der Waals surface area contributed by atoms with Gasteiger partial charge in [0, 0.05) is 17.7 Å². The zero-order valence-corrected chi connectivity index (χ0v) is 12.7. The van der Waals surface area contributed by atoms with Gasteiger partial charge in [-0.25, -0.2) is 4.39 Å². The van der Waals surface area contributed by atoms with Gasteiger partial charge in [0.2, 0.25) is 5.91 Å². The van der Waals surface area contributed by atoms with Gasteiger partial charge in [-0.2, -0.15) is 0 Å². The smallest absolute Gasteiger partial charge is 0.238 e. The van der Waals surface area contributed by atoms with Gasteiger partial charge in [0.1, 0.15) is 11.2 Å². The van der Waals surface area contributed by atoms with E-state index >= 15 is 0 Å².